The van der Waals surface area contributed by atoms with Gasteiger partial charge in [-0.15, -0.1) is 6.58 Å². The molecule has 13 atom stereocenters. The zero-order valence-electron chi connectivity index (χ0n) is 41.6. The molecule has 5 heterocycles. The van der Waals surface area contributed by atoms with Crippen LogP contribution in [-0.4, -0.2) is 110 Å². The fraction of sp³-hybridized carbons (Fsp3) is 0.552. The molecule has 6 N–H and O–H groups in total. The Balaban J connectivity index is 1.19. The largest absolute Gasteiger partial charge is 0.482 e. The lowest BCUT2D eigenvalue weighted by atomic mass is 9.58. The van der Waals surface area contributed by atoms with Crippen molar-refractivity contribution in [2.45, 2.75) is 151 Å². The van der Waals surface area contributed by atoms with Crippen molar-refractivity contribution < 1.29 is 59.1 Å². The van der Waals surface area contributed by atoms with Crippen LogP contribution in [-0.2, 0) is 44.8 Å². The normalized spacial score (nSPS) is 32.0. The summed E-state index contributed by atoms with van der Waals surface area (Å²) in [6.07, 6.45) is 13.4. The van der Waals surface area contributed by atoms with Gasteiger partial charge in [0.2, 0.25) is 6.29 Å². The number of nitrogens with zero attached hydrogens (tertiary/aromatic N) is 2. The first-order chi connectivity index (χ1) is 34.7. The first-order valence-corrected chi connectivity index (χ1v) is 25.8. The molecule has 1 saturated heterocycles. The minimum absolute atomic E-state index is 0.000354. The predicted molar refractivity (Wildman–Crippen MR) is 268 cm³/mol. The van der Waals surface area contributed by atoms with E-state index >= 15 is 0 Å². The number of aliphatic hydroxyl groups excluding tert-OH is 4. The third-order valence-electron chi connectivity index (χ3n) is 15.9. The van der Waals surface area contributed by atoms with Crippen molar-refractivity contribution in [1.29, 1.82) is 5.26 Å². The number of fused-ring (bicyclic) bond motifs is 7. The van der Waals surface area contributed by atoms with E-state index in [1.54, 1.807) is 25.3 Å². The number of methoxy groups -OCH3 is 1. The van der Waals surface area contributed by atoms with Crippen LogP contribution in [0.4, 0.5) is 0 Å². The lowest BCUT2D eigenvalue weighted by Gasteiger charge is -2.53. The first-order valence-electron chi connectivity index (χ1n) is 25.8. The van der Waals surface area contributed by atoms with Crippen molar-refractivity contribution in [3.05, 3.63) is 125 Å². The number of unbranched alkanes of at least 4 members (excludes halogenated alkanes) is 2. The van der Waals surface area contributed by atoms with E-state index < -0.39 is 65.3 Å². The lowest BCUT2D eigenvalue weighted by Crippen LogP contribution is -2.71. The highest BCUT2D eigenvalue weighted by Gasteiger charge is 2.65. The van der Waals surface area contributed by atoms with Gasteiger partial charge in [-0.3, -0.25) is 0 Å². The number of rotatable bonds is 20. The summed E-state index contributed by atoms with van der Waals surface area (Å²) in [6, 6.07) is 16.6. The fourth-order valence-corrected chi connectivity index (χ4v) is 12.4. The minimum atomic E-state index is -1.82. The lowest BCUT2D eigenvalue weighted by molar-refractivity contribution is -0.337. The fourth-order valence-electron chi connectivity index (χ4n) is 12.4. The molecule has 14 nitrogen and oxygen atoms in total. The summed E-state index contributed by atoms with van der Waals surface area (Å²) in [7, 11) is 1.66. The number of allylic oxidation sites excluding steroid dienone is 4. The summed E-state index contributed by atoms with van der Waals surface area (Å²) >= 11 is 0. The highest BCUT2D eigenvalue weighted by Crippen LogP contribution is 2.59. The number of carbonyl (C=O) groups is 1. The van der Waals surface area contributed by atoms with E-state index in [0.29, 0.717) is 68.7 Å². The van der Waals surface area contributed by atoms with Crippen LogP contribution in [0.3, 0.4) is 0 Å². The molecule has 4 aliphatic heterocycles. The van der Waals surface area contributed by atoms with Crippen LogP contribution in [0.25, 0.3) is 0 Å². The highest BCUT2D eigenvalue weighted by molar-refractivity contribution is 5.87. The van der Waals surface area contributed by atoms with E-state index in [1.165, 1.54) is 0 Å². The topological polar surface area (TPSA) is 213 Å². The number of ether oxygens (including phenoxy) is 5. The Kier molecular flexibility index (Phi) is 17.0. The second kappa shape index (κ2) is 23.2. The Hall–Kier alpha value is -5.42. The number of hydrogen-bond donors (Lipinski definition) is 6. The Morgan fingerprint density at radius 1 is 1.10 bits per heavy atom. The summed E-state index contributed by atoms with van der Waals surface area (Å²) in [5, 5.41) is 79.7. The first kappa shape index (κ1) is 52.9. The molecule has 1 aromatic heterocycles. The Morgan fingerprint density at radius 3 is 2.64 bits per heavy atom. The van der Waals surface area contributed by atoms with Crippen molar-refractivity contribution >= 4 is 5.97 Å². The van der Waals surface area contributed by atoms with E-state index in [4.69, 9.17) is 23.7 Å². The van der Waals surface area contributed by atoms with Gasteiger partial charge in [0, 0.05) is 75.1 Å². The molecule has 386 valence electrons. The molecular formula is C58H72N2O12. The molecule has 1 saturated carbocycles. The molecule has 2 aromatic carbocycles. The number of aliphatic hydroxyl groups is 5. The summed E-state index contributed by atoms with van der Waals surface area (Å²) in [6.45, 7) is 7.01. The van der Waals surface area contributed by atoms with Gasteiger partial charge in [0.1, 0.15) is 42.3 Å². The molecule has 2 fully saturated rings. The highest BCUT2D eigenvalue weighted by atomic mass is 16.7. The van der Waals surface area contributed by atoms with E-state index in [2.05, 4.69) is 43.8 Å². The third kappa shape index (κ3) is 11.5. The number of benzene rings is 2. The number of carboxylic acids is 1. The number of aromatic carboxylic acids is 1. The smallest absolute Gasteiger partial charge is 0.335 e. The quantitative estimate of drug-likeness (QED) is 0.0377. The van der Waals surface area contributed by atoms with Crippen LogP contribution in [0.1, 0.15) is 110 Å². The van der Waals surface area contributed by atoms with Crippen LogP contribution in [0.15, 0.2) is 97.6 Å². The average molecular weight is 989 g/mol. The van der Waals surface area contributed by atoms with E-state index in [0.717, 1.165) is 42.4 Å². The summed E-state index contributed by atoms with van der Waals surface area (Å²) in [5.41, 5.74) is -0.261. The zero-order valence-corrected chi connectivity index (χ0v) is 41.6. The number of hydrogen-bond acceptors (Lipinski definition) is 12. The van der Waals surface area contributed by atoms with Gasteiger partial charge in [0.05, 0.1) is 35.2 Å². The molecule has 2 spiro atoms. The van der Waals surface area contributed by atoms with Gasteiger partial charge in [-0.25, -0.2) is 4.79 Å². The summed E-state index contributed by atoms with van der Waals surface area (Å²) in [4.78, 5) is 11.6. The number of nitriles is 1. The van der Waals surface area contributed by atoms with Crippen molar-refractivity contribution in [1.82, 2.24) is 4.57 Å². The molecular weight excluding hydrogens is 917 g/mol. The molecule has 3 bridgehead atoms. The van der Waals surface area contributed by atoms with Crippen LogP contribution >= 0.6 is 0 Å². The van der Waals surface area contributed by atoms with Gasteiger partial charge in [-0.2, -0.15) is 5.26 Å². The maximum atomic E-state index is 12.9. The third-order valence-corrected chi connectivity index (χ3v) is 15.9. The SMILES string of the molecule is C=CCc1ccc(O[C@H]2O[C@H]3[C@@H](O)[C@H](O)[C@]24C[C@@H]([C@H](O)CC#CO[C@H]3CCCO)[C@@]2(C=C[C@H]3C[C@@H](Cc5ccc(C(=O)O)cc5)C[C@]3(O)C2)C=C(CCCCC)O4)cc1C[C@H](COC)Cn1ccc(C#N)c1. The Bertz CT molecular complexity index is 2520. The number of aromatic nitrogens is 1. The molecule has 0 radical (unpaired) electrons. The molecule has 0 amide bonds. The van der Waals surface area contributed by atoms with Crippen LogP contribution in [0.5, 0.6) is 5.75 Å². The van der Waals surface area contributed by atoms with Crippen LogP contribution in [0, 0.1) is 52.4 Å². The Labute approximate surface area is 423 Å². The summed E-state index contributed by atoms with van der Waals surface area (Å²) < 4.78 is 35.0. The van der Waals surface area contributed by atoms with Crippen LogP contribution < -0.4 is 4.74 Å². The van der Waals surface area contributed by atoms with E-state index in [1.807, 2.05) is 59.4 Å². The van der Waals surface area contributed by atoms with Crippen LogP contribution in [0.2, 0.25) is 0 Å². The van der Waals surface area contributed by atoms with E-state index in [-0.39, 0.29) is 55.6 Å². The van der Waals surface area contributed by atoms with E-state index in [9.17, 15) is 40.7 Å². The molecule has 0 unspecified atom stereocenters. The second-order valence-corrected chi connectivity index (χ2v) is 21.0. The summed E-state index contributed by atoms with van der Waals surface area (Å²) in [5.74, 6) is 2.14. The van der Waals surface area contributed by atoms with Crippen molar-refractivity contribution in [2.24, 2.45) is 29.1 Å². The zero-order chi connectivity index (χ0) is 51.0. The second-order valence-electron chi connectivity index (χ2n) is 21.0. The molecule has 3 aromatic rings. The monoisotopic (exact) mass is 989 g/mol. The molecule has 2 aliphatic carbocycles. The molecule has 72 heavy (non-hydrogen) atoms. The minimum Gasteiger partial charge on any atom is -0.482 e. The van der Waals surface area contributed by atoms with Crippen molar-refractivity contribution in [2.75, 3.05) is 20.3 Å². The molecule has 9 rings (SSSR count). The Morgan fingerprint density at radius 2 is 1.92 bits per heavy atom. The number of carboxylic acid groups (broad SMARTS) is 1. The van der Waals surface area contributed by atoms with Gasteiger partial charge in [0.15, 0.2) is 5.60 Å². The van der Waals surface area contributed by atoms with Gasteiger partial charge in [-0.05, 0) is 117 Å². The average Bonchev–Trinajstić information content (AvgIpc) is 3.92. The van der Waals surface area contributed by atoms with Gasteiger partial charge < -0.3 is 58.9 Å². The maximum absolute atomic E-state index is 12.9. The standard InChI is InChI=1S/C58H72N2O12/c1-4-6-7-11-47-31-56(22-20-45-28-40(30-57(45,67)37-56)26-38-14-16-43(17-15-38)54(65)66)48-32-58(72-47)53(64)51(63)52(50(13-8-24-61)69-25-9-12-49(48)62)71-55(58)70-46-19-18-42(10-5-2)44(29-46)27-41(36-68-3)35-60-23-21-39(33-59)34-60/h5,14-23,29,31,34,40-41,45,48-53,55,61-64,67H,2,4,6-8,10-13,24,26-28,30,32,35-37H2,1,3H3,(H,65,66)/t40-,41+,45+,48+,49-,50+,51-,52-,53+,55+,56+,57+,58-/m1/s1. The molecule has 6 aliphatic rings. The van der Waals surface area contributed by atoms with Crippen molar-refractivity contribution in [3.8, 4) is 23.8 Å². The maximum Gasteiger partial charge on any atom is 0.335 e. The van der Waals surface area contributed by atoms with Gasteiger partial charge in [-0.1, -0.05) is 62.1 Å². The molecule has 14 heteroatoms. The van der Waals surface area contributed by atoms with Gasteiger partial charge >= 0.3 is 5.97 Å². The predicted octanol–water partition coefficient (Wildman–Crippen LogP) is 7.19. The van der Waals surface area contributed by atoms with Crippen molar-refractivity contribution in [3.63, 3.8) is 0 Å². The van der Waals surface area contributed by atoms with Gasteiger partial charge in [0.25, 0.3) is 0 Å².